The van der Waals surface area contributed by atoms with Gasteiger partial charge in [-0.15, -0.1) is 0 Å². The predicted octanol–water partition coefficient (Wildman–Crippen LogP) is 2.34. The largest absolute Gasteiger partial charge is 0.377 e. The van der Waals surface area contributed by atoms with Crippen molar-refractivity contribution in [1.82, 2.24) is 9.88 Å². The van der Waals surface area contributed by atoms with Crippen LogP contribution in [0.25, 0.3) is 0 Å². The average Bonchev–Trinajstić information content (AvgIpc) is 2.37. The van der Waals surface area contributed by atoms with Crippen LogP contribution >= 0.6 is 0 Å². The number of anilines is 1. The van der Waals surface area contributed by atoms with E-state index in [-0.39, 0.29) is 12.1 Å². The number of nitrogens with one attached hydrogen (secondary N) is 1. The molecule has 2 heterocycles. The third-order valence-corrected chi connectivity index (χ3v) is 3.29. The summed E-state index contributed by atoms with van der Waals surface area (Å²) in [6.45, 7) is 7.83. The molecular formula is C14H21N3O2. The van der Waals surface area contributed by atoms with Crippen molar-refractivity contribution >= 4 is 11.8 Å². The SMILES string of the molecule is CC[C@H]1COCCN1C(=O)Nc1cc(C)cc(C)n1. The number of pyridine rings is 1. The second kappa shape index (κ2) is 6.02. The number of ether oxygens (including phenoxy) is 1. The predicted molar refractivity (Wildman–Crippen MR) is 74.3 cm³/mol. The number of urea groups is 1. The van der Waals surface area contributed by atoms with Crippen molar-refractivity contribution in [2.75, 3.05) is 25.1 Å². The molecule has 0 aliphatic carbocycles. The lowest BCUT2D eigenvalue weighted by molar-refractivity contribution is 0.0143. The van der Waals surface area contributed by atoms with Crippen LogP contribution in [0.2, 0.25) is 0 Å². The summed E-state index contributed by atoms with van der Waals surface area (Å²) in [5, 5.41) is 2.88. The minimum absolute atomic E-state index is 0.0901. The van der Waals surface area contributed by atoms with E-state index in [1.165, 1.54) is 0 Å². The quantitative estimate of drug-likeness (QED) is 0.891. The Bertz CT molecular complexity index is 442. The Kier molecular flexibility index (Phi) is 4.37. The summed E-state index contributed by atoms with van der Waals surface area (Å²) in [4.78, 5) is 18.4. The maximum absolute atomic E-state index is 12.3. The summed E-state index contributed by atoms with van der Waals surface area (Å²) < 4.78 is 5.40. The van der Waals surface area contributed by atoms with Crippen LogP contribution in [0.15, 0.2) is 12.1 Å². The lowest BCUT2D eigenvalue weighted by atomic mass is 10.2. The van der Waals surface area contributed by atoms with Crippen molar-refractivity contribution in [1.29, 1.82) is 0 Å². The minimum atomic E-state index is -0.0901. The van der Waals surface area contributed by atoms with Gasteiger partial charge >= 0.3 is 6.03 Å². The van der Waals surface area contributed by atoms with E-state index in [1.807, 2.05) is 30.9 Å². The summed E-state index contributed by atoms with van der Waals surface area (Å²) in [6.07, 6.45) is 0.897. The maximum Gasteiger partial charge on any atom is 0.323 e. The second-order valence-corrected chi connectivity index (χ2v) is 4.93. The second-order valence-electron chi connectivity index (χ2n) is 4.93. The Morgan fingerprint density at radius 2 is 2.32 bits per heavy atom. The molecule has 1 saturated heterocycles. The Labute approximate surface area is 114 Å². The van der Waals surface area contributed by atoms with Crippen molar-refractivity contribution in [3.05, 3.63) is 23.4 Å². The van der Waals surface area contributed by atoms with Gasteiger partial charge in [0, 0.05) is 12.2 Å². The molecule has 19 heavy (non-hydrogen) atoms. The number of hydrogen-bond acceptors (Lipinski definition) is 3. The highest BCUT2D eigenvalue weighted by Gasteiger charge is 2.26. The molecule has 0 bridgehead atoms. The molecule has 1 aromatic heterocycles. The monoisotopic (exact) mass is 263 g/mol. The van der Waals surface area contributed by atoms with Crippen molar-refractivity contribution in [3.8, 4) is 0 Å². The molecule has 1 N–H and O–H groups in total. The van der Waals surface area contributed by atoms with E-state index in [0.717, 1.165) is 17.7 Å². The molecule has 0 spiro atoms. The van der Waals surface area contributed by atoms with E-state index in [1.54, 1.807) is 0 Å². The Hall–Kier alpha value is -1.62. The van der Waals surface area contributed by atoms with Gasteiger partial charge in [-0.1, -0.05) is 6.92 Å². The minimum Gasteiger partial charge on any atom is -0.377 e. The zero-order valence-electron chi connectivity index (χ0n) is 11.8. The number of carbonyl (C=O) groups is 1. The van der Waals surface area contributed by atoms with Gasteiger partial charge in [-0.3, -0.25) is 5.32 Å². The molecule has 0 unspecified atom stereocenters. The highest BCUT2D eigenvalue weighted by atomic mass is 16.5. The Morgan fingerprint density at radius 1 is 1.53 bits per heavy atom. The first-order valence-electron chi connectivity index (χ1n) is 6.71. The van der Waals surface area contributed by atoms with Crippen molar-refractivity contribution in [2.45, 2.75) is 33.2 Å². The fourth-order valence-electron chi connectivity index (χ4n) is 2.35. The van der Waals surface area contributed by atoms with Crippen LogP contribution in [0.3, 0.4) is 0 Å². The van der Waals surface area contributed by atoms with E-state index in [2.05, 4.69) is 17.2 Å². The molecule has 2 rings (SSSR count). The van der Waals surface area contributed by atoms with E-state index >= 15 is 0 Å². The lowest BCUT2D eigenvalue weighted by Crippen LogP contribution is -2.50. The van der Waals surface area contributed by atoms with Gasteiger partial charge in [-0.25, -0.2) is 9.78 Å². The van der Waals surface area contributed by atoms with E-state index in [0.29, 0.717) is 25.6 Å². The molecule has 0 saturated carbocycles. The summed E-state index contributed by atoms with van der Waals surface area (Å²) in [6, 6.07) is 3.93. The summed E-state index contributed by atoms with van der Waals surface area (Å²) >= 11 is 0. The number of rotatable bonds is 2. The first-order chi connectivity index (χ1) is 9.10. The van der Waals surface area contributed by atoms with Crippen LogP contribution in [0.5, 0.6) is 0 Å². The molecular weight excluding hydrogens is 242 g/mol. The summed E-state index contributed by atoms with van der Waals surface area (Å²) in [5.41, 5.74) is 2.00. The molecule has 1 aromatic rings. The zero-order chi connectivity index (χ0) is 13.8. The molecule has 5 heteroatoms. The summed E-state index contributed by atoms with van der Waals surface area (Å²) in [5.74, 6) is 0.615. The maximum atomic E-state index is 12.3. The first kappa shape index (κ1) is 13.8. The van der Waals surface area contributed by atoms with Crippen LogP contribution in [-0.4, -0.2) is 41.7 Å². The molecule has 104 valence electrons. The zero-order valence-corrected chi connectivity index (χ0v) is 11.8. The van der Waals surface area contributed by atoms with E-state index in [4.69, 9.17) is 4.74 Å². The molecule has 0 aromatic carbocycles. The topological polar surface area (TPSA) is 54.5 Å². The van der Waals surface area contributed by atoms with Crippen LogP contribution in [0.4, 0.5) is 10.6 Å². The summed E-state index contributed by atoms with van der Waals surface area (Å²) in [7, 11) is 0. The number of morpholine rings is 1. The van der Waals surface area contributed by atoms with Gasteiger partial charge in [0.25, 0.3) is 0 Å². The normalized spacial score (nSPS) is 19.3. The van der Waals surface area contributed by atoms with Gasteiger partial charge in [0.05, 0.1) is 19.3 Å². The fraction of sp³-hybridized carbons (Fsp3) is 0.571. The smallest absolute Gasteiger partial charge is 0.323 e. The van der Waals surface area contributed by atoms with Crippen molar-refractivity contribution < 1.29 is 9.53 Å². The van der Waals surface area contributed by atoms with Crippen LogP contribution < -0.4 is 5.32 Å². The fourth-order valence-corrected chi connectivity index (χ4v) is 2.35. The Balaban J connectivity index is 2.07. The number of hydrogen-bond donors (Lipinski definition) is 1. The molecule has 0 radical (unpaired) electrons. The van der Waals surface area contributed by atoms with Crippen molar-refractivity contribution in [3.63, 3.8) is 0 Å². The van der Waals surface area contributed by atoms with Gasteiger partial charge in [0.1, 0.15) is 5.82 Å². The molecule has 2 amide bonds. The number of nitrogens with zero attached hydrogens (tertiary/aromatic N) is 2. The van der Waals surface area contributed by atoms with Crippen LogP contribution in [-0.2, 0) is 4.74 Å². The van der Waals surface area contributed by atoms with Crippen LogP contribution in [0, 0.1) is 13.8 Å². The lowest BCUT2D eigenvalue weighted by Gasteiger charge is -2.34. The standard InChI is InChI=1S/C14H21N3O2/c1-4-12-9-19-6-5-17(12)14(18)16-13-8-10(2)7-11(3)15-13/h7-8,12H,4-6,9H2,1-3H3,(H,15,16,18)/t12-/m0/s1. The highest BCUT2D eigenvalue weighted by molar-refractivity contribution is 5.88. The molecule has 1 aliphatic heterocycles. The number of carbonyl (C=O) groups excluding carboxylic acids is 1. The number of aromatic nitrogens is 1. The van der Waals surface area contributed by atoms with E-state index < -0.39 is 0 Å². The average molecular weight is 263 g/mol. The molecule has 1 fully saturated rings. The third-order valence-electron chi connectivity index (χ3n) is 3.29. The van der Waals surface area contributed by atoms with Crippen molar-refractivity contribution in [2.24, 2.45) is 0 Å². The highest BCUT2D eigenvalue weighted by Crippen LogP contribution is 2.14. The Morgan fingerprint density at radius 3 is 3.00 bits per heavy atom. The van der Waals surface area contributed by atoms with Gasteiger partial charge in [0.15, 0.2) is 0 Å². The molecule has 5 nitrogen and oxygen atoms in total. The van der Waals surface area contributed by atoms with E-state index in [9.17, 15) is 4.79 Å². The van der Waals surface area contributed by atoms with Crippen LogP contribution in [0.1, 0.15) is 24.6 Å². The molecule has 1 aliphatic rings. The van der Waals surface area contributed by atoms with Gasteiger partial charge in [0.2, 0.25) is 0 Å². The molecule has 1 atom stereocenters. The first-order valence-corrected chi connectivity index (χ1v) is 6.71. The van der Waals surface area contributed by atoms with Gasteiger partial charge in [-0.05, 0) is 38.0 Å². The third kappa shape index (κ3) is 3.44. The number of aryl methyl sites for hydroxylation is 2. The van der Waals surface area contributed by atoms with Gasteiger partial charge in [-0.2, -0.15) is 0 Å². The number of amides is 2. The van der Waals surface area contributed by atoms with Gasteiger partial charge < -0.3 is 9.64 Å².